The van der Waals surface area contributed by atoms with Crippen molar-refractivity contribution >= 4 is 48.0 Å². The van der Waals surface area contributed by atoms with Crippen LogP contribution in [0.25, 0.3) is 0 Å². The first-order valence-corrected chi connectivity index (χ1v) is 12.6. The summed E-state index contributed by atoms with van der Waals surface area (Å²) in [5.41, 5.74) is 0.766. The van der Waals surface area contributed by atoms with Crippen LogP contribution < -0.4 is 14.8 Å². The van der Waals surface area contributed by atoms with Gasteiger partial charge in [-0.15, -0.1) is 0 Å². The zero-order valence-corrected chi connectivity index (χ0v) is 20.7. The third-order valence-corrected chi connectivity index (χ3v) is 8.00. The van der Waals surface area contributed by atoms with Crippen molar-refractivity contribution in [3.05, 3.63) is 57.0 Å². The molecule has 168 valence electrons. The molecule has 0 spiro atoms. The van der Waals surface area contributed by atoms with Crippen molar-refractivity contribution < 1.29 is 23.1 Å². The van der Waals surface area contributed by atoms with Gasteiger partial charge in [0.05, 0.1) is 18.6 Å². The number of carboxylic acid groups (broad SMARTS) is 1. The number of sulfonamides is 1. The molecule has 3 N–H and O–H groups in total. The molecule has 8 nitrogen and oxygen atoms in total. The normalized spacial score (nSPS) is 18.7. The molecule has 1 aliphatic heterocycles. The van der Waals surface area contributed by atoms with Crippen LogP contribution in [0.15, 0.2) is 56.3 Å². The summed E-state index contributed by atoms with van der Waals surface area (Å²) in [4.78, 5) is 13.2. The van der Waals surface area contributed by atoms with Gasteiger partial charge in [-0.2, -0.15) is 0 Å². The summed E-state index contributed by atoms with van der Waals surface area (Å²) in [6, 6.07) is 11.7. The molecule has 1 amide bonds. The smallest absolute Gasteiger partial charge is 0.407 e. The highest BCUT2D eigenvalue weighted by Crippen LogP contribution is 2.26. The third kappa shape index (κ3) is 6.19. The average molecular weight is 577 g/mol. The van der Waals surface area contributed by atoms with E-state index in [4.69, 9.17) is 4.74 Å². The second-order valence-electron chi connectivity index (χ2n) is 7.21. The molecule has 0 radical (unpaired) electrons. The SMILES string of the molecule is COc1ccccc1CN(C[C@H]1C[C@@H](NS(=O)(=O)c2cc(Br)ccc2Br)CN1)C(=O)O. The highest BCUT2D eigenvalue weighted by molar-refractivity contribution is 9.11. The Hall–Kier alpha value is -1.66. The molecule has 1 saturated heterocycles. The Bertz CT molecular complexity index is 1050. The first-order chi connectivity index (χ1) is 14.7. The van der Waals surface area contributed by atoms with Gasteiger partial charge in [0.15, 0.2) is 0 Å². The third-order valence-electron chi connectivity index (χ3n) is 4.99. The van der Waals surface area contributed by atoms with E-state index in [2.05, 4.69) is 41.9 Å². The van der Waals surface area contributed by atoms with Gasteiger partial charge in [-0.3, -0.25) is 0 Å². The van der Waals surface area contributed by atoms with Crippen molar-refractivity contribution in [3.63, 3.8) is 0 Å². The van der Waals surface area contributed by atoms with E-state index in [1.165, 1.54) is 11.0 Å². The number of ether oxygens (including phenoxy) is 1. The van der Waals surface area contributed by atoms with Crippen LogP contribution >= 0.6 is 31.9 Å². The topological polar surface area (TPSA) is 108 Å². The summed E-state index contributed by atoms with van der Waals surface area (Å²) in [5, 5.41) is 12.9. The second-order valence-corrected chi connectivity index (χ2v) is 10.7. The zero-order valence-electron chi connectivity index (χ0n) is 16.7. The molecule has 0 unspecified atom stereocenters. The highest BCUT2D eigenvalue weighted by Gasteiger charge is 2.31. The number of halogens is 2. The molecule has 1 heterocycles. The van der Waals surface area contributed by atoms with Crippen molar-refractivity contribution in [3.8, 4) is 5.75 Å². The van der Waals surface area contributed by atoms with Crippen LogP contribution in [0, 0.1) is 0 Å². The van der Waals surface area contributed by atoms with Crippen molar-refractivity contribution in [2.75, 3.05) is 20.2 Å². The van der Waals surface area contributed by atoms with Crippen LogP contribution in [0.3, 0.4) is 0 Å². The number of benzene rings is 2. The lowest BCUT2D eigenvalue weighted by molar-refractivity contribution is 0.137. The molecule has 31 heavy (non-hydrogen) atoms. The minimum absolute atomic E-state index is 0.147. The van der Waals surface area contributed by atoms with Gasteiger partial charge in [-0.05, 0) is 46.6 Å². The lowest BCUT2D eigenvalue weighted by Crippen LogP contribution is -2.40. The molecule has 0 saturated carbocycles. The van der Waals surface area contributed by atoms with E-state index in [-0.39, 0.29) is 30.1 Å². The van der Waals surface area contributed by atoms with E-state index in [1.807, 2.05) is 18.2 Å². The Balaban J connectivity index is 1.64. The number of nitrogens with one attached hydrogen (secondary N) is 2. The van der Waals surface area contributed by atoms with Crippen LogP contribution in [-0.2, 0) is 16.6 Å². The van der Waals surface area contributed by atoms with Crippen molar-refractivity contribution in [2.24, 2.45) is 0 Å². The standard InChI is InChI=1S/C20H23Br2N3O5S/c1-30-18-5-3-2-4-13(18)11-25(20(26)27)12-16-9-15(10-23-16)24-31(28,29)19-8-14(21)6-7-17(19)22/h2-8,15-16,23-24H,9-12H2,1H3,(H,26,27)/t15-,16-/m1/s1. The molecule has 2 atom stereocenters. The first kappa shape index (κ1) is 24.0. The summed E-state index contributed by atoms with van der Waals surface area (Å²) in [7, 11) is -2.19. The Labute approximate surface area is 198 Å². The van der Waals surface area contributed by atoms with Gasteiger partial charge in [0.25, 0.3) is 0 Å². The van der Waals surface area contributed by atoms with Crippen LogP contribution in [-0.4, -0.2) is 56.8 Å². The summed E-state index contributed by atoms with van der Waals surface area (Å²) in [6.45, 7) is 0.822. The molecular formula is C20H23Br2N3O5S. The number of hydrogen-bond acceptors (Lipinski definition) is 5. The Morgan fingerprint density at radius 2 is 2.03 bits per heavy atom. The molecule has 0 aliphatic carbocycles. The number of nitrogens with zero attached hydrogens (tertiary/aromatic N) is 1. The van der Waals surface area contributed by atoms with E-state index >= 15 is 0 Å². The van der Waals surface area contributed by atoms with Crippen LogP contribution in [0.1, 0.15) is 12.0 Å². The largest absolute Gasteiger partial charge is 0.496 e. The molecule has 11 heteroatoms. The molecule has 2 aromatic rings. The first-order valence-electron chi connectivity index (χ1n) is 9.50. The summed E-state index contributed by atoms with van der Waals surface area (Å²) >= 11 is 6.58. The fourth-order valence-corrected chi connectivity index (χ4v) is 6.28. The zero-order chi connectivity index (χ0) is 22.6. The summed E-state index contributed by atoms with van der Waals surface area (Å²) in [6.07, 6.45) is -0.574. The maximum absolute atomic E-state index is 12.8. The molecular weight excluding hydrogens is 554 g/mol. The van der Waals surface area contributed by atoms with Crippen molar-refractivity contribution in [1.29, 1.82) is 0 Å². The Morgan fingerprint density at radius 3 is 2.74 bits per heavy atom. The van der Waals surface area contributed by atoms with Gasteiger partial charge in [0, 0.05) is 39.7 Å². The number of amides is 1. The minimum Gasteiger partial charge on any atom is -0.496 e. The van der Waals surface area contributed by atoms with Gasteiger partial charge >= 0.3 is 6.09 Å². The van der Waals surface area contributed by atoms with E-state index < -0.39 is 16.1 Å². The number of methoxy groups -OCH3 is 1. The number of para-hydroxylation sites is 1. The van der Waals surface area contributed by atoms with Crippen LogP contribution in [0.5, 0.6) is 5.75 Å². The maximum Gasteiger partial charge on any atom is 0.407 e. The quantitative estimate of drug-likeness (QED) is 0.444. The average Bonchev–Trinajstić information content (AvgIpc) is 3.15. The molecule has 3 rings (SSSR count). The van der Waals surface area contributed by atoms with Gasteiger partial charge < -0.3 is 20.1 Å². The molecule has 0 aromatic heterocycles. The fraction of sp³-hybridized carbons (Fsp3) is 0.350. The Morgan fingerprint density at radius 1 is 1.29 bits per heavy atom. The number of hydrogen-bond donors (Lipinski definition) is 3. The van der Waals surface area contributed by atoms with E-state index in [1.54, 1.807) is 25.3 Å². The van der Waals surface area contributed by atoms with Gasteiger partial charge in [0.2, 0.25) is 10.0 Å². The van der Waals surface area contributed by atoms with Crippen molar-refractivity contribution in [1.82, 2.24) is 14.9 Å². The van der Waals surface area contributed by atoms with Gasteiger partial charge in [0.1, 0.15) is 5.75 Å². The monoisotopic (exact) mass is 575 g/mol. The van der Waals surface area contributed by atoms with Gasteiger partial charge in [-0.1, -0.05) is 34.1 Å². The predicted molar refractivity (Wildman–Crippen MR) is 124 cm³/mol. The summed E-state index contributed by atoms with van der Waals surface area (Å²) < 4.78 is 34.8. The molecule has 2 aromatic carbocycles. The van der Waals surface area contributed by atoms with E-state index in [0.29, 0.717) is 27.7 Å². The lowest BCUT2D eigenvalue weighted by Gasteiger charge is -2.24. The number of rotatable bonds is 8. The summed E-state index contributed by atoms with van der Waals surface area (Å²) in [5.74, 6) is 0.623. The van der Waals surface area contributed by atoms with Crippen LogP contribution in [0.2, 0.25) is 0 Å². The maximum atomic E-state index is 12.8. The highest BCUT2D eigenvalue weighted by atomic mass is 79.9. The van der Waals surface area contributed by atoms with E-state index in [9.17, 15) is 18.3 Å². The van der Waals surface area contributed by atoms with Gasteiger partial charge in [-0.25, -0.2) is 17.9 Å². The lowest BCUT2D eigenvalue weighted by atomic mass is 10.1. The van der Waals surface area contributed by atoms with Crippen LogP contribution in [0.4, 0.5) is 4.79 Å². The van der Waals surface area contributed by atoms with Crippen molar-refractivity contribution in [2.45, 2.75) is 29.9 Å². The minimum atomic E-state index is -3.74. The molecule has 1 fully saturated rings. The molecule has 0 bridgehead atoms. The number of carbonyl (C=O) groups is 1. The Kier molecular flexibility index (Phi) is 7.98. The fourth-order valence-electron chi connectivity index (χ4n) is 3.53. The molecule has 1 aliphatic rings. The van der Waals surface area contributed by atoms with E-state index in [0.717, 1.165) is 5.56 Å². The second kappa shape index (κ2) is 10.3. The predicted octanol–water partition coefficient (Wildman–Crippen LogP) is 3.41.